The third kappa shape index (κ3) is 5.86. The van der Waals surface area contributed by atoms with Crippen LogP contribution in [0.15, 0.2) is 24.8 Å². The molecule has 1 heteroatoms. The van der Waals surface area contributed by atoms with Crippen molar-refractivity contribution in [3.63, 3.8) is 0 Å². The maximum absolute atomic E-state index is 8.50. The summed E-state index contributed by atoms with van der Waals surface area (Å²) in [6, 6.07) is 0. The van der Waals surface area contributed by atoms with Gasteiger partial charge in [0.2, 0.25) is 0 Å². The fourth-order valence-corrected chi connectivity index (χ4v) is 1.05. The van der Waals surface area contributed by atoms with E-state index >= 15 is 0 Å². The van der Waals surface area contributed by atoms with Gasteiger partial charge in [0.05, 0.1) is 6.61 Å². The van der Waals surface area contributed by atoms with Gasteiger partial charge in [0.15, 0.2) is 0 Å². The summed E-state index contributed by atoms with van der Waals surface area (Å²) < 4.78 is 0. The van der Waals surface area contributed by atoms with Crippen molar-refractivity contribution in [2.24, 2.45) is 11.8 Å². The molecule has 1 N–H and O–H groups in total. The lowest BCUT2D eigenvalue weighted by Gasteiger charge is -2.09. The molecule has 0 fully saturated rings. The van der Waals surface area contributed by atoms with Crippen LogP contribution in [-0.2, 0) is 0 Å². The molecule has 0 bridgehead atoms. The smallest absolute Gasteiger partial charge is 0.0612 e. The van der Waals surface area contributed by atoms with Crippen molar-refractivity contribution < 1.29 is 5.11 Å². The maximum atomic E-state index is 8.50. The van der Waals surface area contributed by atoms with Gasteiger partial charge in [-0.3, -0.25) is 0 Å². The molecule has 0 heterocycles. The van der Waals surface area contributed by atoms with Gasteiger partial charge in [0.1, 0.15) is 0 Å². The van der Waals surface area contributed by atoms with Crippen LogP contribution in [0.4, 0.5) is 0 Å². The van der Waals surface area contributed by atoms with Gasteiger partial charge in [0, 0.05) is 0 Å². The van der Waals surface area contributed by atoms with Crippen LogP contribution in [0.3, 0.4) is 0 Å². The first-order valence-electron chi connectivity index (χ1n) is 4.10. The number of aliphatic hydroxyl groups is 1. The molecule has 0 aliphatic rings. The van der Waals surface area contributed by atoms with E-state index < -0.39 is 0 Å². The molecule has 0 radical (unpaired) electrons. The van der Waals surface area contributed by atoms with E-state index in [0.717, 1.165) is 6.42 Å². The van der Waals surface area contributed by atoms with Crippen LogP contribution >= 0.6 is 0 Å². The van der Waals surface area contributed by atoms with E-state index in [4.69, 9.17) is 5.11 Å². The quantitative estimate of drug-likeness (QED) is 0.603. The second kappa shape index (κ2) is 6.17. The molecule has 11 heavy (non-hydrogen) atoms. The van der Waals surface area contributed by atoms with E-state index in [0.29, 0.717) is 11.8 Å². The number of allylic oxidation sites excluding steroid dienone is 2. The normalized spacial score (nSPS) is 16.6. The number of hydrogen-bond acceptors (Lipinski definition) is 1. The molecule has 0 saturated carbocycles. The predicted octanol–water partition coefficient (Wildman–Crippen LogP) is 2.38. The van der Waals surface area contributed by atoms with Crippen LogP contribution in [0.25, 0.3) is 0 Å². The Balaban J connectivity index is 3.58. The van der Waals surface area contributed by atoms with Crippen molar-refractivity contribution in [3.05, 3.63) is 24.8 Å². The molecule has 1 nitrogen and oxygen atoms in total. The lowest BCUT2D eigenvalue weighted by Crippen LogP contribution is -1.97. The van der Waals surface area contributed by atoms with Crippen LogP contribution in [0.5, 0.6) is 0 Å². The molecule has 64 valence electrons. The number of hydrogen-bond donors (Lipinski definition) is 1. The Morgan fingerprint density at radius 1 is 1.36 bits per heavy atom. The molecule has 0 saturated heterocycles. The van der Waals surface area contributed by atoms with Crippen molar-refractivity contribution in [3.8, 4) is 0 Å². The highest BCUT2D eigenvalue weighted by Crippen LogP contribution is 2.12. The summed E-state index contributed by atoms with van der Waals surface area (Å²) >= 11 is 0. The second-order valence-electron chi connectivity index (χ2n) is 3.04. The van der Waals surface area contributed by atoms with E-state index in [1.807, 2.05) is 12.2 Å². The zero-order valence-electron chi connectivity index (χ0n) is 7.46. The van der Waals surface area contributed by atoms with Crippen LogP contribution in [0.2, 0.25) is 0 Å². The summed E-state index contributed by atoms with van der Waals surface area (Å²) in [5, 5.41) is 8.50. The molecular weight excluding hydrogens is 136 g/mol. The van der Waals surface area contributed by atoms with Gasteiger partial charge in [-0.1, -0.05) is 32.1 Å². The van der Waals surface area contributed by atoms with Crippen molar-refractivity contribution >= 4 is 0 Å². The Labute approximate surface area is 69.4 Å². The largest absolute Gasteiger partial charge is 0.392 e. The van der Waals surface area contributed by atoms with Crippen molar-refractivity contribution in [2.45, 2.75) is 20.3 Å². The highest BCUT2D eigenvalue weighted by molar-refractivity contribution is 4.88. The van der Waals surface area contributed by atoms with Crippen molar-refractivity contribution in [1.82, 2.24) is 0 Å². The third-order valence-electron chi connectivity index (χ3n) is 1.72. The lowest BCUT2D eigenvalue weighted by molar-refractivity contribution is 0.341. The van der Waals surface area contributed by atoms with Crippen LogP contribution < -0.4 is 0 Å². The van der Waals surface area contributed by atoms with Gasteiger partial charge in [-0.05, 0) is 18.3 Å². The fraction of sp³-hybridized carbons (Fsp3) is 0.600. The number of aliphatic hydroxyl groups excluding tert-OH is 1. The highest BCUT2D eigenvalue weighted by Gasteiger charge is 2.00. The van der Waals surface area contributed by atoms with E-state index in [1.165, 1.54) is 0 Å². The molecule has 0 aromatic rings. The van der Waals surface area contributed by atoms with E-state index in [2.05, 4.69) is 20.4 Å². The third-order valence-corrected chi connectivity index (χ3v) is 1.72. The molecule has 0 amide bonds. The molecule has 0 aromatic carbocycles. The monoisotopic (exact) mass is 154 g/mol. The standard InChI is InChI=1S/C10H18O/c1-4-9(2)8-10(3)6-5-7-11/h4-6,9-11H,1,7-8H2,2-3H3/b6-5-/t9-,10+/m1/s1. The summed E-state index contributed by atoms with van der Waals surface area (Å²) in [6.07, 6.45) is 6.91. The Hall–Kier alpha value is -0.560. The molecule has 0 spiro atoms. The Bertz CT molecular complexity index is 127. The summed E-state index contributed by atoms with van der Waals surface area (Å²) in [6.45, 7) is 8.16. The summed E-state index contributed by atoms with van der Waals surface area (Å²) in [4.78, 5) is 0. The van der Waals surface area contributed by atoms with Crippen LogP contribution in [0.1, 0.15) is 20.3 Å². The first-order valence-corrected chi connectivity index (χ1v) is 4.10. The average molecular weight is 154 g/mol. The Morgan fingerprint density at radius 2 is 2.00 bits per heavy atom. The Morgan fingerprint density at radius 3 is 2.45 bits per heavy atom. The molecule has 0 rings (SSSR count). The summed E-state index contributed by atoms with van der Waals surface area (Å²) in [5.41, 5.74) is 0. The van der Waals surface area contributed by atoms with Gasteiger partial charge >= 0.3 is 0 Å². The lowest BCUT2D eigenvalue weighted by atomic mass is 9.97. The minimum Gasteiger partial charge on any atom is -0.392 e. The first kappa shape index (κ1) is 10.4. The summed E-state index contributed by atoms with van der Waals surface area (Å²) in [7, 11) is 0. The molecule has 0 unspecified atom stereocenters. The van der Waals surface area contributed by atoms with E-state index in [9.17, 15) is 0 Å². The van der Waals surface area contributed by atoms with Gasteiger partial charge in [-0.2, -0.15) is 0 Å². The highest BCUT2D eigenvalue weighted by atomic mass is 16.2. The van der Waals surface area contributed by atoms with Crippen molar-refractivity contribution in [1.29, 1.82) is 0 Å². The zero-order chi connectivity index (χ0) is 8.69. The average Bonchev–Trinajstić information content (AvgIpc) is 2.00. The van der Waals surface area contributed by atoms with Crippen LogP contribution in [-0.4, -0.2) is 11.7 Å². The Kier molecular flexibility index (Phi) is 5.86. The van der Waals surface area contributed by atoms with Crippen LogP contribution in [0, 0.1) is 11.8 Å². The molecule has 0 aliphatic carbocycles. The van der Waals surface area contributed by atoms with Gasteiger partial charge < -0.3 is 5.11 Å². The fourth-order valence-electron chi connectivity index (χ4n) is 1.05. The molecule has 2 atom stereocenters. The first-order chi connectivity index (χ1) is 5.20. The van der Waals surface area contributed by atoms with Gasteiger partial charge in [-0.15, -0.1) is 6.58 Å². The topological polar surface area (TPSA) is 20.2 Å². The molecule has 0 aromatic heterocycles. The van der Waals surface area contributed by atoms with E-state index in [1.54, 1.807) is 6.08 Å². The zero-order valence-corrected chi connectivity index (χ0v) is 7.46. The van der Waals surface area contributed by atoms with Gasteiger partial charge in [0.25, 0.3) is 0 Å². The van der Waals surface area contributed by atoms with Crippen molar-refractivity contribution in [2.75, 3.05) is 6.61 Å². The SMILES string of the molecule is C=C[C@@H](C)C[C@@H](C)/C=C\CO. The second-order valence-corrected chi connectivity index (χ2v) is 3.04. The minimum absolute atomic E-state index is 0.146. The minimum atomic E-state index is 0.146. The predicted molar refractivity (Wildman–Crippen MR) is 49.4 cm³/mol. The summed E-state index contributed by atoms with van der Waals surface area (Å²) in [5.74, 6) is 1.10. The van der Waals surface area contributed by atoms with E-state index in [-0.39, 0.29) is 6.61 Å². The molecular formula is C10H18O. The molecule has 0 aliphatic heterocycles. The maximum Gasteiger partial charge on any atom is 0.0612 e. The number of rotatable bonds is 5. The van der Waals surface area contributed by atoms with Gasteiger partial charge in [-0.25, -0.2) is 0 Å².